The molecule has 1 aliphatic carbocycles. The first-order chi connectivity index (χ1) is 7.49. The molecule has 1 atom stereocenters. The van der Waals surface area contributed by atoms with Crippen LogP contribution in [0.5, 0.6) is 0 Å². The molecule has 0 aromatic carbocycles. The van der Waals surface area contributed by atoms with Gasteiger partial charge in [0.15, 0.2) is 0 Å². The standard InChI is InChI=1S/C11H24N2O2S/c1-10(11-6-4-3-5-7-11)12-8-9-13-16(2,14)15/h10-13H,3-9H2,1-2H3. The van der Waals surface area contributed by atoms with Gasteiger partial charge in [-0.1, -0.05) is 19.3 Å². The van der Waals surface area contributed by atoms with Crippen molar-refractivity contribution in [2.45, 2.75) is 45.1 Å². The number of rotatable bonds is 6. The van der Waals surface area contributed by atoms with Crippen molar-refractivity contribution in [1.29, 1.82) is 0 Å². The Bertz CT molecular complexity index is 284. The van der Waals surface area contributed by atoms with Crippen LogP contribution in [-0.2, 0) is 10.0 Å². The third kappa shape index (κ3) is 5.82. The van der Waals surface area contributed by atoms with Crippen molar-refractivity contribution >= 4 is 10.0 Å². The zero-order chi connectivity index (χ0) is 12.0. The Labute approximate surface area is 99.2 Å². The van der Waals surface area contributed by atoms with E-state index in [9.17, 15) is 8.42 Å². The number of hydrogen-bond donors (Lipinski definition) is 2. The van der Waals surface area contributed by atoms with Gasteiger partial charge in [-0.2, -0.15) is 0 Å². The van der Waals surface area contributed by atoms with Gasteiger partial charge in [0.2, 0.25) is 10.0 Å². The van der Waals surface area contributed by atoms with E-state index in [-0.39, 0.29) is 0 Å². The van der Waals surface area contributed by atoms with E-state index in [1.54, 1.807) is 0 Å². The summed E-state index contributed by atoms with van der Waals surface area (Å²) in [6.07, 6.45) is 7.88. The molecule has 1 fully saturated rings. The van der Waals surface area contributed by atoms with Crippen molar-refractivity contribution in [3.8, 4) is 0 Å². The SMILES string of the molecule is CC(NCCNS(C)(=O)=O)C1CCCCC1. The van der Waals surface area contributed by atoms with E-state index in [1.807, 2.05) is 0 Å². The summed E-state index contributed by atoms with van der Waals surface area (Å²) in [7, 11) is -3.04. The predicted molar refractivity (Wildman–Crippen MR) is 66.9 cm³/mol. The second-order valence-corrected chi connectivity index (χ2v) is 6.64. The van der Waals surface area contributed by atoms with Gasteiger partial charge in [0.25, 0.3) is 0 Å². The van der Waals surface area contributed by atoms with Gasteiger partial charge in [0.1, 0.15) is 0 Å². The van der Waals surface area contributed by atoms with Crippen molar-refractivity contribution in [3.05, 3.63) is 0 Å². The van der Waals surface area contributed by atoms with Crippen LogP contribution in [0.1, 0.15) is 39.0 Å². The monoisotopic (exact) mass is 248 g/mol. The molecule has 4 nitrogen and oxygen atoms in total. The molecule has 0 spiro atoms. The molecule has 16 heavy (non-hydrogen) atoms. The molecule has 96 valence electrons. The van der Waals surface area contributed by atoms with E-state index in [2.05, 4.69) is 17.0 Å². The van der Waals surface area contributed by atoms with Crippen LogP contribution in [0.3, 0.4) is 0 Å². The minimum Gasteiger partial charge on any atom is -0.313 e. The maximum absolute atomic E-state index is 10.8. The van der Waals surface area contributed by atoms with Crippen LogP contribution < -0.4 is 10.0 Å². The maximum Gasteiger partial charge on any atom is 0.208 e. The lowest BCUT2D eigenvalue weighted by Crippen LogP contribution is -2.39. The molecular formula is C11H24N2O2S. The van der Waals surface area contributed by atoms with Crippen LogP contribution in [-0.4, -0.2) is 33.8 Å². The van der Waals surface area contributed by atoms with Crippen molar-refractivity contribution < 1.29 is 8.42 Å². The van der Waals surface area contributed by atoms with Crippen LogP contribution in [0.4, 0.5) is 0 Å². The Morgan fingerprint density at radius 2 is 1.81 bits per heavy atom. The predicted octanol–water partition coefficient (Wildman–Crippen LogP) is 1.09. The lowest BCUT2D eigenvalue weighted by molar-refractivity contribution is 0.283. The summed E-state index contributed by atoms with van der Waals surface area (Å²) >= 11 is 0. The largest absolute Gasteiger partial charge is 0.313 e. The highest BCUT2D eigenvalue weighted by molar-refractivity contribution is 7.88. The van der Waals surface area contributed by atoms with E-state index in [0.717, 1.165) is 5.92 Å². The first kappa shape index (κ1) is 13.9. The first-order valence-electron chi connectivity index (χ1n) is 6.17. The number of hydrogen-bond acceptors (Lipinski definition) is 3. The van der Waals surface area contributed by atoms with E-state index >= 15 is 0 Å². The Morgan fingerprint density at radius 1 is 1.19 bits per heavy atom. The van der Waals surface area contributed by atoms with Crippen LogP contribution in [0.25, 0.3) is 0 Å². The molecule has 0 heterocycles. The molecule has 0 aliphatic heterocycles. The van der Waals surface area contributed by atoms with Gasteiger partial charge in [0, 0.05) is 19.1 Å². The summed E-state index contributed by atoms with van der Waals surface area (Å²) in [5.74, 6) is 0.770. The highest BCUT2D eigenvalue weighted by Gasteiger charge is 2.19. The van der Waals surface area contributed by atoms with E-state index in [0.29, 0.717) is 19.1 Å². The first-order valence-corrected chi connectivity index (χ1v) is 8.06. The molecule has 0 aromatic heterocycles. The summed E-state index contributed by atoms with van der Waals surface area (Å²) in [6.45, 7) is 3.40. The fourth-order valence-corrected chi connectivity index (χ4v) is 2.81. The molecule has 1 saturated carbocycles. The molecule has 0 aromatic rings. The molecule has 1 unspecified atom stereocenters. The van der Waals surface area contributed by atoms with Gasteiger partial charge in [-0.3, -0.25) is 0 Å². The van der Waals surface area contributed by atoms with E-state index in [1.165, 1.54) is 38.4 Å². The Balaban J connectivity index is 2.12. The summed E-state index contributed by atoms with van der Waals surface area (Å²) < 4.78 is 24.2. The van der Waals surface area contributed by atoms with Crippen LogP contribution in [0.2, 0.25) is 0 Å². The van der Waals surface area contributed by atoms with Gasteiger partial charge in [-0.25, -0.2) is 13.1 Å². The second kappa shape index (κ2) is 6.57. The maximum atomic E-state index is 10.8. The van der Waals surface area contributed by atoms with Crippen molar-refractivity contribution in [2.24, 2.45) is 5.92 Å². The van der Waals surface area contributed by atoms with E-state index < -0.39 is 10.0 Å². The molecule has 0 radical (unpaired) electrons. The molecule has 1 aliphatic rings. The second-order valence-electron chi connectivity index (χ2n) is 4.81. The fourth-order valence-electron chi connectivity index (χ4n) is 2.34. The average molecular weight is 248 g/mol. The van der Waals surface area contributed by atoms with Crippen molar-refractivity contribution in [2.75, 3.05) is 19.3 Å². The number of sulfonamides is 1. The molecule has 2 N–H and O–H groups in total. The summed E-state index contributed by atoms with van der Waals surface area (Å²) in [5.41, 5.74) is 0. The lowest BCUT2D eigenvalue weighted by Gasteiger charge is -2.28. The smallest absolute Gasteiger partial charge is 0.208 e. The summed E-state index contributed by atoms with van der Waals surface area (Å²) in [6, 6.07) is 0.502. The molecule has 1 rings (SSSR count). The third-order valence-electron chi connectivity index (χ3n) is 3.31. The fraction of sp³-hybridized carbons (Fsp3) is 1.00. The molecule has 0 bridgehead atoms. The number of nitrogens with one attached hydrogen (secondary N) is 2. The molecule has 0 saturated heterocycles. The quantitative estimate of drug-likeness (QED) is 0.692. The lowest BCUT2D eigenvalue weighted by atomic mass is 9.84. The third-order valence-corrected chi connectivity index (χ3v) is 4.04. The highest BCUT2D eigenvalue weighted by atomic mass is 32.2. The Kier molecular flexibility index (Phi) is 5.72. The Morgan fingerprint density at radius 3 is 2.38 bits per heavy atom. The van der Waals surface area contributed by atoms with Crippen molar-refractivity contribution in [1.82, 2.24) is 10.0 Å². The highest BCUT2D eigenvalue weighted by Crippen LogP contribution is 2.26. The van der Waals surface area contributed by atoms with E-state index in [4.69, 9.17) is 0 Å². The van der Waals surface area contributed by atoms with Crippen LogP contribution in [0, 0.1) is 5.92 Å². The zero-order valence-electron chi connectivity index (χ0n) is 10.3. The van der Waals surface area contributed by atoms with Gasteiger partial charge in [-0.05, 0) is 25.7 Å². The van der Waals surface area contributed by atoms with Crippen LogP contribution >= 0.6 is 0 Å². The summed E-state index contributed by atoms with van der Waals surface area (Å²) in [5, 5.41) is 3.40. The normalized spacial score (nSPS) is 20.9. The zero-order valence-corrected chi connectivity index (χ0v) is 11.1. The minimum absolute atomic E-state index is 0.482. The summed E-state index contributed by atoms with van der Waals surface area (Å²) in [4.78, 5) is 0. The van der Waals surface area contributed by atoms with Gasteiger partial charge in [-0.15, -0.1) is 0 Å². The van der Waals surface area contributed by atoms with Gasteiger partial charge >= 0.3 is 0 Å². The minimum atomic E-state index is -3.04. The van der Waals surface area contributed by atoms with Crippen LogP contribution in [0.15, 0.2) is 0 Å². The molecular weight excluding hydrogens is 224 g/mol. The molecule has 5 heteroatoms. The van der Waals surface area contributed by atoms with Gasteiger partial charge in [0.05, 0.1) is 6.26 Å². The average Bonchev–Trinajstić information content (AvgIpc) is 2.24. The molecule has 0 amide bonds. The Hall–Kier alpha value is -0.130. The topological polar surface area (TPSA) is 58.2 Å². The van der Waals surface area contributed by atoms with Gasteiger partial charge < -0.3 is 5.32 Å². The van der Waals surface area contributed by atoms with Crippen molar-refractivity contribution in [3.63, 3.8) is 0 Å².